The molecule has 0 aliphatic heterocycles. The van der Waals surface area contributed by atoms with Gasteiger partial charge in [-0.3, -0.25) is 0 Å². The summed E-state index contributed by atoms with van der Waals surface area (Å²) in [6, 6.07) is 12.9. The highest BCUT2D eigenvalue weighted by Gasteiger charge is 2.12. The third-order valence-electron chi connectivity index (χ3n) is 3.40. The Morgan fingerprint density at radius 2 is 1.89 bits per heavy atom. The minimum atomic E-state index is 0.578. The molecule has 102 valence electrons. The quantitative estimate of drug-likeness (QED) is 0.820. The lowest BCUT2D eigenvalue weighted by atomic mass is 9.94. The normalized spacial score (nSPS) is 12.5. The Bertz CT molecular complexity index is 459. The minimum absolute atomic E-state index is 0.578. The van der Waals surface area contributed by atoms with Crippen molar-refractivity contribution in [1.82, 2.24) is 5.32 Å². The molecule has 0 spiro atoms. The average Bonchev–Trinajstić information content (AvgIpc) is 2.91. The lowest BCUT2D eigenvalue weighted by Gasteiger charge is -2.16. The summed E-state index contributed by atoms with van der Waals surface area (Å²) >= 11 is 0. The van der Waals surface area contributed by atoms with E-state index in [-0.39, 0.29) is 0 Å². The summed E-state index contributed by atoms with van der Waals surface area (Å²) in [6.07, 6.45) is 3.84. The number of aryl methyl sites for hydroxylation is 1. The Morgan fingerprint density at radius 3 is 2.53 bits per heavy atom. The highest BCUT2D eigenvalue weighted by molar-refractivity contribution is 5.22. The zero-order valence-electron chi connectivity index (χ0n) is 11.9. The van der Waals surface area contributed by atoms with Gasteiger partial charge in [0, 0.05) is 6.42 Å². The number of hydrogen-bond donors (Lipinski definition) is 1. The minimum Gasteiger partial charge on any atom is -0.469 e. The number of hydrogen-bond acceptors (Lipinski definition) is 2. The first-order valence-corrected chi connectivity index (χ1v) is 7.06. The summed E-state index contributed by atoms with van der Waals surface area (Å²) in [5, 5.41) is 3.45. The number of furan rings is 1. The van der Waals surface area contributed by atoms with Crippen molar-refractivity contribution in [2.75, 3.05) is 13.1 Å². The Labute approximate surface area is 115 Å². The Kier molecular flexibility index (Phi) is 5.22. The third kappa shape index (κ3) is 4.56. The molecule has 2 rings (SSSR count). The molecule has 0 saturated heterocycles. The second-order valence-corrected chi connectivity index (χ2v) is 5.15. The summed E-state index contributed by atoms with van der Waals surface area (Å²) in [6.45, 7) is 6.33. The van der Waals surface area contributed by atoms with E-state index >= 15 is 0 Å². The van der Waals surface area contributed by atoms with Crippen LogP contribution in [0.15, 0.2) is 47.1 Å². The number of rotatable bonds is 7. The van der Waals surface area contributed by atoms with Gasteiger partial charge in [0.15, 0.2) is 0 Å². The van der Waals surface area contributed by atoms with Crippen LogP contribution in [-0.2, 0) is 12.8 Å². The highest BCUT2D eigenvalue weighted by atomic mass is 16.3. The van der Waals surface area contributed by atoms with E-state index in [4.69, 9.17) is 4.42 Å². The van der Waals surface area contributed by atoms with Crippen LogP contribution in [0, 0.1) is 12.8 Å². The number of benzene rings is 1. The summed E-state index contributed by atoms with van der Waals surface area (Å²) < 4.78 is 5.47. The van der Waals surface area contributed by atoms with E-state index in [9.17, 15) is 0 Å². The van der Waals surface area contributed by atoms with Crippen LogP contribution in [-0.4, -0.2) is 13.1 Å². The van der Waals surface area contributed by atoms with Crippen molar-refractivity contribution in [2.45, 2.75) is 26.7 Å². The predicted molar refractivity (Wildman–Crippen MR) is 79.3 cm³/mol. The summed E-state index contributed by atoms with van der Waals surface area (Å²) in [5.74, 6) is 1.66. The van der Waals surface area contributed by atoms with Crippen LogP contribution in [0.2, 0.25) is 0 Å². The lowest BCUT2D eigenvalue weighted by Crippen LogP contribution is -2.25. The smallest absolute Gasteiger partial charge is 0.104 e. The second kappa shape index (κ2) is 7.15. The van der Waals surface area contributed by atoms with Gasteiger partial charge in [0.1, 0.15) is 5.76 Å². The van der Waals surface area contributed by atoms with Crippen molar-refractivity contribution in [2.24, 2.45) is 5.92 Å². The van der Waals surface area contributed by atoms with Gasteiger partial charge in [-0.2, -0.15) is 0 Å². The van der Waals surface area contributed by atoms with Crippen molar-refractivity contribution >= 4 is 0 Å². The second-order valence-electron chi connectivity index (χ2n) is 5.15. The van der Waals surface area contributed by atoms with Crippen molar-refractivity contribution in [1.29, 1.82) is 0 Å². The highest BCUT2D eigenvalue weighted by Crippen LogP contribution is 2.15. The van der Waals surface area contributed by atoms with Gasteiger partial charge in [0.25, 0.3) is 0 Å². The molecule has 19 heavy (non-hydrogen) atoms. The maximum Gasteiger partial charge on any atom is 0.104 e. The lowest BCUT2D eigenvalue weighted by molar-refractivity contribution is 0.418. The maximum absolute atomic E-state index is 5.47. The fraction of sp³-hybridized carbons (Fsp3) is 0.412. The molecule has 2 nitrogen and oxygen atoms in total. The Hall–Kier alpha value is -1.54. The van der Waals surface area contributed by atoms with Gasteiger partial charge in [-0.1, -0.05) is 36.8 Å². The molecular formula is C17H23NO. The Morgan fingerprint density at radius 1 is 1.11 bits per heavy atom. The van der Waals surface area contributed by atoms with Crippen LogP contribution in [0.25, 0.3) is 0 Å². The molecule has 0 fully saturated rings. The van der Waals surface area contributed by atoms with Crippen molar-refractivity contribution in [3.63, 3.8) is 0 Å². The zero-order valence-corrected chi connectivity index (χ0v) is 11.9. The van der Waals surface area contributed by atoms with Gasteiger partial charge in [-0.15, -0.1) is 0 Å². The van der Waals surface area contributed by atoms with E-state index in [1.54, 1.807) is 6.26 Å². The fourth-order valence-electron chi connectivity index (χ4n) is 2.34. The van der Waals surface area contributed by atoms with E-state index in [1.807, 2.05) is 6.07 Å². The predicted octanol–water partition coefficient (Wildman–Crippen LogP) is 3.60. The van der Waals surface area contributed by atoms with E-state index in [1.165, 1.54) is 11.1 Å². The monoisotopic (exact) mass is 257 g/mol. The SMILES string of the molecule is CCNCC(Cc1ccc(C)cc1)Cc1ccco1. The van der Waals surface area contributed by atoms with Crippen LogP contribution in [0.5, 0.6) is 0 Å². The van der Waals surface area contributed by atoms with Crippen LogP contribution in [0.1, 0.15) is 23.8 Å². The van der Waals surface area contributed by atoms with Crippen LogP contribution in [0.4, 0.5) is 0 Å². The molecule has 2 aromatic rings. The van der Waals surface area contributed by atoms with Crippen LogP contribution < -0.4 is 5.32 Å². The number of nitrogens with one attached hydrogen (secondary N) is 1. The molecule has 0 bridgehead atoms. The van der Waals surface area contributed by atoms with Gasteiger partial charge in [0.2, 0.25) is 0 Å². The molecule has 1 N–H and O–H groups in total. The van der Waals surface area contributed by atoms with Gasteiger partial charge < -0.3 is 9.73 Å². The first-order chi connectivity index (χ1) is 9.28. The molecule has 0 aliphatic carbocycles. The largest absolute Gasteiger partial charge is 0.469 e. The first-order valence-electron chi connectivity index (χ1n) is 7.06. The van der Waals surface area contributed by atoms with E-state index in [0.717, 1.165) is 31.7 Å². The van der Waals surface area contributed by atoms with Crippen LogP contribution >= 0.6 is 0 Å². The third-order valence-corrected chi connectivity index (χ3v) is 3.40. The van der Waals surface area contributed by atoms with Crippen LogP contribution in [0.3, 0.4) is 0 Å². The zero-order chi connectivity index (χ0) is 13.5. The van der Waals surface area contributed by atoms with Crippen molar-refractivity contribution in [3.05, 3.63) is 59.5 Å². The first kappa shape index (κ1) is 13.9. The average molecular weight is 257 g/mol. The summed E-state index contributed by atoms with van der Waals surface area (Å²) in [5.41, 5.74) is 2.72. The van der Waals surface area contributed by atoms with Gasteiger partial charge in [-0.25, -0.2) is 0 Å². The molecular weight excluding hydrogens is 234 g/mol. The van der Waals surface area contributed by atoms with E-state index < -0.39 is 0 Å². The summed E-state index contributed by atoms with van der Waals surface area (Å²) in [4.78, 5) is 0. The standard InChI is InChI=1S/C17H23NO/c1-3-18-13-16(12-17-5-4-10-19-17)11-15-8-6-14(2)7-9-15/h4-10,16,18H,3,11-13H2,1-2H3. The molecule has 0 saturated carbocycles. The van der Waals surface area contributed by atoms with Gasteiger partial charge in [-0.05, 0) is 50.0 Å². The molecule has 0 amide bonds. The van der Waals surface area contributed by atoms with E-state index in [0.29, 0.717) is 5.92 Å². The fourth-order valence-corrected chi connectivity index (χ4v) is 2.34. The molecule has 1 aromatic heterocycles. The molecule has 2 heteroatoms. The summed E-state index contributed by atoms with van der Waals surface area (Å²) in [7, 11) is 0. The van der Waals surface area contributed by atoms with Crippen molar-refractivity contribution in [3.8, 4) is 0 Å². The van der Waals surface area contributed by atoms with E-state index in [2.05, 4.69) is 49.5 Å². The molecule has 1 unspecified atom stereocenters. The van der Waals surface area contributed by atoms with Gasteiger partial charge in [0.05, 0.1) is 6.26 Å². The Balaban J connectivity index is 1.98. The van der Waals surface area contributed by atoms with Crippen molar-refractivity contribution < 1.29 is 4.42 Å². The van der Waals surface area contributed by atoms with Gasteiger partial charge >= 0.3 is 0 Å². The maximum atomic E-state index is 5.47. The topological polar surface area (TPSA) is 25.2 Å². The molecule has 1 heterocycles. The molecule has 1 aromatic carbocycles. The molecule has 1 atom stereocenters. The molecule has 0 aliphatic rings. The molecule has 0 radical (unpaired) electrons.